The van der Waals surface area contributed by atoms with Gasteiger partial charge in [-0.2, -0.15) is 0 Å². The van der Waals surface area contributed by atoms with E-state index in [1.54, 1.807) is 11.8 Å². The van der Waals surface area contributed by atoms with Gasteiger partial charge in [-0.25, -0.2) is 9.97 Å². The van der Waals surface area contributed by atoms with Gasteiger partial charge in [-0.1, -0.05) is 35.5 Å². The molecule has 1 aromatic carbocycles. The molecule has 0 unspecified atom stereocenters. The fourth-order valence-corrected chi connectivity index (χ4v) is 3.52. The maximum absolute atomic E-state index is 6.00. The quantitative estimate of drug-likeness (QED) is 0.529. The molecule has 0 aliphatic carbocycles. The average Bonchev–Trinajstić information content (AvgIpc) is 3.06. The van der Waals surface area contributed by atoms with Gasteiger partial charge >= 0.3 is 0 Å². The largest absolute Gasteiger partial charge is 0.322 e. The molecule has 110 valence electrons. The Bertz CT molecular complexity index is 973. The van der Waals surface area contributed by atoms with E-state index in [0.29, 0.717) is 5.02 Å². The molecule has 4 rings (SSSR count). The Morgan fingerprint density at radius 3 is 2.82 bits per heavy atom. The number of halogens is 1. The van der Waals surface area contributed by atoms with Crippen LogP contribution in [0.25, 0.3) is 16.7 Å². The fourth-order valence-electron chi connectivity index (χ4n) is 2.48. The van der Waals surface area contributed by atoms with Crippen LogP contribution in [0.4, 0.5) is 0 Å². The zero-order valence-electron chi connectivity index (χ0n) is 11.9. The highest BCUT2D eigenvalue weighted by molar-refractivity contribution is 7.98. The van der Waals surface area contributed by atoms with Crippen molar-refractivity contribution >= 4 is 40.0 Å². The molecular weight excluding hydrogens is 316 g/mol. The van der Waals surface area contributed by atoms with Gasteiger partial charge in [-0.3, -0.25) is 0 Å². The molecule has 0 bridgehead atoms. The van der Waals surface area contributed by atoms with Crippen molar-refractivity contribution in [1.82, 2.24) is 18.9 Å². The Balaban J connectivity index is 1.61. The summed E-state index contributed by atoms with van der Waals surface area (Å²) in [6, 6.07) is 11.9. The van der Waals surface area contributed by atoms with Gasteiger partial charge in [0.25, 0.3) is 0 Å². The third-order valence-corrected chi connectivity index (χ3v) is 4.85. The van der Waals surface area contributed by atoms with Crippen molar-refractivity contribution in [2.24, 2.45) is 7.05 Å². The van der Waals surface area contributed by atoms with Crippen LogP contribution in [0.15, 0.2) is 53.9 Å². The number of nitrogens with zero attached hydrogens (tertiary/aromatic N) is 4. The Kier molecular flexibility index (Phi) is 3.32. The summed E-state index contributed by atoms with van der Waals surface area (Å²) < 4.78 is 4.07. The first-order chi connectivity index (χ1) is 10.7. The van der Waals surface area contributed by atoms with Gasteiger partial charge in [0.1, 0.15) is 5.65 Å². The second-order valence-corrected chi connectivity index (χ2v) is 6.45. The second-order valence-electron chi connectivity index (χ2n) is 5.08. The summed E-state index contributed by atoms with van der Waals surface area (Å²) in [6.45, 7) is 0. The van der Waals surface area contributed by atoms with Crippen molar-refractivity contribution < 1.29 is 0 Å². The van der Waals surface area contributed by atoms with Gasteiger partial charge in [0, 0.05) is 25.2 Å². The Morgan fingerprint density at radius 2 is 1.95 bits per heavy atom. The first-order valence-corrected chi connectivity index (χ1v) is 8.24. The van der Waals surface area contributed by atoms with Crippen molar-refractivity contribution in [2.75, 3.05) is 0 Å². The summed E-state index contributed by atoms with van der Waals surface area (Å²) in [7, 11) is 2.04. The van der Waals surface area contributed by atoms with Crippen LogP contribution in [0.5, 0.6) is 0 Å². The van der Waals surface area contributed by atoms with Crippen molar-refractivity contribution in [3.63, 3.8) is 0 Å². The average molecular weight is 329 g/mol. The van der Waals surface area contributed by atoms with E-state index in [0.717, 1.165) is 33.3 Å². The summed E-state index contributed by atoms with van der Waals surface area (Å²) in [5, 5.41) is 1.70. The number of rotatable bonds is 3. The van der Waals surface area contributed by atoms with Crippen LogP contribution in [-0.4, -0.2) is 18.9 Å². The summed E-state index contributed by atoms with van der Waals surface area (Å²) in [4.78, 5) is 9.26. The lowest BCUT2D eigenvalue weighted by atomic mass is 10.3. The number of benzene rings is 1. The highest BCUT2D eigenvalue weighted by Crippen LogP contribution is 2.25. The number of fused-ring (bicyclic) bond motifs is 2. The number of aromatic nitrogens is 4. The molecule has 4 nitrogen and oxygen atoms in total. The number of hydrogen-bond donors (Lipinski definition) is 0. The maximum atomic E-state index is 6.00. The standard InChI is InChI=1S/C16H13ClN4S/c1-20-14-5-3-2-4-13(14)19-16(20)22-10-12-9-21-8-11(17)6-7-15(21)18-12/h2-9H,10H2,1H3. The number of aryl methyl sites for hydroxylation is 1. The zero-order chi connectivity index (χ0) is 15.1. The molecule has 0 atom stereocenters. The molecule has 0 fully saturated rings. The molecule has 6 heteroatoms. The molecule has 4 aromatic rings. The van der Waals surface area contributed by atoms with E-state index in [9.17, 15) is 0 Å². The van der Waals surface area contributed by atoms with Crippen LogP contribution < -0.4 is 0 Å². The third-order valence-electron chi connectivity index (χ3n) is 3.56. The monoisotopic (exact) mass is 328 g/mol. The minimum atomic E-state index is 0.708. The lowest BCUT2D eigenvalue weighted by molar-refractivity contribution is 0.814. The van der Waals surface area contributed by atoms with Gasteiger partial charge in [-0.15, -0.1) is 0 Å². The summed E-state index contributed by atoms with van der Waals surface area (Å²) in [5.74, 6) is 0.774. The molecular formula is C16H13ClN4S. The molecule has 22 heavy (non-hydrogen) atoms. The first kappa shape index (κ1) is 13.7. The van der Waals surface area contributed by atoms with Gasteiger partial charge < -0.3 is 8.97 Å². The minimum absolute atomic E-state index is 0.708. The fraction of sp³-hybridized carbons (Fsp3) is 0.125. The van der Waals surface area contributed by atoms with E-state index in [2.05, 4.69) is 20.6 Å². The smallest absolute Gasteiger partial charge is 0.169 e. The Labute approximate surface area is 136 Å². The number of pyridine rings is 1. The predicted octanol–water partition coefficient (Wildman–Crippen LogP) is 4.17. The van der Waals surface area contributed by atoms with Gasteiger partial charge in [0.05, 0.1) is 21.7 Å². The summed E-state index contributed by atoms with van der Waals surface area (Å²) in [5.41, 5.74) is 4.09. The Hall–Kier alpha value is -1.98. The molecule has 0 N–H and O–H groups in total. The number of imidazole rings is 2. The topological polar surface area (TPSA) is 35.1 Å². The Morgan fingerprint density at radius 1 is 1.09 bits per heavy atom. The van der Waals surface area contributed by atoms with Gasteiger partial charge in [-0.05, 0) is 24.3 Å². The summed E-state index contributed by atoms with van der Waals surface area (Å²) in [6.07, 6.45) is 3.88. The van der Waals surface area contributed by atoms with E-state index >= 15 is 0 Å². The van der Waals surface area contributed by atoms with Crippen LogP contribution in [0.1, 0.15) is 5.69 Å². The van der Waals surface area contributed by atoms with Gasteiger partial charge in [0.15, 0.2) is 5.16 Å². The molecule has 0 radical (unpaired) electrons. The molecule has 0 saturated carbocycles. The normalized spacial score (nSPS) is 11.5. The van der Waals surface area contributed by atoms with Crippen LogP contribution in [0.2, 0.25) is 5.02 Å². The van der Waals surface area contributed by atoms with E-state index in [-0.39, 0.29) is 0 Å². The van der Waals surface area contributed by atoms with Crippen molar-refractivity contribution in [2.45, 2.75) is 10.9 Å². The van der Waals surface area contributed by atoms with Crippen molar-refractivity contribution in [3.8, 4) is 0 Å². The van der Waals surface area contributed by atoms with Crippen molar-refractivity contribution in [1.29, 1.82) is 0 Å². The van der Waals surface area contributed by atoms with E-state index in [4.69, 9.17) is 11.6 Å². The van der Waals surface area contributed by atoms with E-state index in [1.165, 1.54) is 0 Å². The first-order valence-electron chi connectivity index (χ1n) is 6.88. The van der Waals surface area contributed by atoms with Crippen LogP contribution in [0.3, 0.4) is 0 Å². The number of thioether (sulfide) groups is 1. The van der Waals surface area contributed by atoms with Crippen LogP contribution in [-0.2, 0) is 12.8 Å². The lowest BCUT2D eigenvalue weighted by Crippen LogP contribution is -1.91. The molecule has 0 saturated heterocycles. The minimum Gasteiger partial charge on any atom is -0.322 e. The highest BCUT2D eigenvalue weighted by Gasteiger charge is 2.09. The zero-order valence-corrected chi connectivity index (χ0v) is 13.5. The molecule has 0 spiro atoms. The van der Waals surface area contributed by atoms with Crippen LogP contribution >= 0.6 is 23.4 Å². The predicted molar refractivity (Wildman–Crippen MR) is 90.5 cm³/mol. The molecule has 3 aromatic heterocycles. The maximum Gasteiger partial charge on any atom is 0.169 e. The second kappa shape index (κ2) is 5.34. The van der Waals surface area contributed by atoms with E-state index < -0.39 is 0 Å². The van der Waals surface area contributed by atoms with Gasteiger partial charge in [0.2, 0.25) is 0 Å². The summed E-state index contributed by atoms with van der Waals surface area (Å²) >= 11 is 7.69. The van der Waals surface area contributed by atoms with Crippen molar-refractivity contribution in [3.05, 3.63) is 59.5 Å². The third kappa shape index (κ3) is 2.36. The molecule has 0 amide bonds. The molecule has 0 aliphatic heterocycles. The van der Waals surface area contributed by atoms with E-state index in [1.807, 2.05) is 54.2 Å². The highest BCUT2D eigenvalue weighted by atomic mass is 35.5. The van der Waals surface area contributed by atoms with Crippen LogP contribution in [0, 0.1) is 0 Å². The molecule has 0 aliphatic rings. The SMILES string of the molecule is Cn1c(SCc2cn3cc(Cl)ccc3n2)nc2ccccc21. The number of para-hydroxylation sites is 2. The molecule has 3 heterocycles. The number of hydrogen-bond acceptors (Lipinski definition) is 3. The lowest BCUT2D eigenvalue weighted by Gasteiger charge is -2.00.